The Morgan fingerprint density at radius 3 is 2.70 bits per heavy atom. The number of hydrogen-bond donors (Lipinski definition) is 1. The Hall–Kier alpha value is -1.96. The molecule has 1 aromatic carbocycles. The van der Waals surface area contributed by atoms with Gasteiger partial charge in [0.05, 0.1) is 5.39 Å². The van der Waals surface area contributed by atoms with Gasteiger partial charge in [0.25, 0.3) is 0 Å². The number of alkyl halides is 3. The molecule has 3 aliphatic rings. The highest BCUT2D eigenvalue weighted by Gasteiger charge is 2.35. The number of nitrogens with zero attached hydrogens (tertiary/aromatic N) is 2. The summed E-state index contributed by atoms with van der Waals surface area (Å²) in [7, 11) is 0. The summed E-state index contributed by atoms with van der Waals surface area (Å²) in [5.41, 5.74) is 0.274. The van der Waals surface area contributed by atoms with E-state index in [0.29, 0.717) is 23.2 Å². The Bertz CT molecular complexity index is 708. The summed E-state index contributed by atoms with van der Waals surface area (Å²) < 4.78 is 45.8. The van der Waals surface area contributed by atoms with Crippen molar-refractivity contribution in [3.05, 3.63) is 18.2 Å². The lowest BCUT2D eigenvalue weighted by atomic mass is 9.84. The van der Waals surface area contributed by atoms with Crippen molar-refractivity contribution in [2.24, 2.45) is 5.92 Å². The van der Waals surface area contributed by atoms with E-state index >= 15 is 0 Å². The largest absolute Gasteiger partial charge is 0.573 e. The van der Waals surface area contributed by atoms with E-state index in [1.54, 1.807) is 0 Å². The molecule has 5 rings (SSSR count). The van der Waals surface area contributed by atoms with Crippen molar-refractivity contribution in [2.75, 3.05) is 25.0 Å². The van der Waals surface area contributed by atoms with Gasteiger partial charge in [-0.1, -0.05) is 5.16 Å². The molecule has 5 nitrogen and oxygen atoms in total. The molecular formula is C15H16F3N3O2. The standard InChI is InChI=1S/C15H16F3N3O2/c16-15(17,18)22-10-1-2-11-13(7-10)23-20-14(11)19-12-8-21-5-3-9(12)4-6-21/h1-2,7,9,12H,3-6,8H2,(H,19,20)/t12-/m0/s1. The Kier molecular flexibility index (Phi) is 3.37. The quantitative estimate of drug-likeness (QED) is 0.938. The first-order valence-electron chi connectivity index (χ1n) is 7.62. The van der Waals surface area contributed by atoms with Crippen LogP contribution in [0.4, 0.5) is 19.0 Å². The number of fused-ring (bicyclic) bond motifs is 4. The van der Waals surface area contributed by atoms with Crippen LogP contribution in [0.15, 0.2) is 22.7 Å². The smallest absolute Gasteiger partial charge is 0.406 e. The molecule has 3 fully saturated rings. The van der Waals surface area contributed by atoms with Gasteiger partial charge in [-0.15, -0.1) is 13.2 Å². The van der Waals surface area contributed by atoms with Crippen LogP contribution in [-0.4, -0.2) is 42.1 Å². The number of benzene rings is 1. The predicted molar refractivity (Wildman–Crippen MR) is 77.3 cm³/mol. The number of ether oxygens (including phenoxy) is 1. The topological polar surface area (TPSA) is 50.5 Å². The number of nitrogens with one attached hydrogen (secondary N) is 1. The highest BCUT2D eigenvalue weighted by molar-refractivity contribution is 5.89. The first kappa shape index (κ1) is 14.6. The Labute approximate surface area is 130 Å². The fourth-order valence-corrected chi connectivity index (χ4v) is 3.52. The summed E-state index contributed by atoms with van der Waals surface area (Å²) in [6, 6.07) is 4.32. The molecule has 0 amide bonds. The van der Waals surface area contributed by atoms with E-state index in [1.807, 2.05) is 0 Å². The van der Waals surface area contributed by atoms with Gasteiger partial charge in [-0.3, -0.25) is 0 Å². The van der Waals surface area contributed by atoms with Crippen LogP contribution < -0.4 is 10.1 Å². The fourth-order valence-electron chi connectivity index (χ4n) is 3.52. The van der Waals surface area contributed by atoms with Gasteiger partial charge >= 0.3 is 6.36 Å². The minimum absolute atomic E-state index is 0.274. The zero-order chi connectivity index (χ0) is 16.0. The van der Waals surface area contributed by atoms with Crippen LogP contribution in [-0.2, 0) is 0 Å². The lowest BCUT2D eigenvalue weighted by molar-refractivity contribution is -0.274. The SMILES string of the molecule is FC(F)(F)Oc1ccc2c(N[C@H]3CN4CCC3CC4)noc2c1. The van der Waals surface area contributed by atoms with Gasteiger partial charge in [0.1, 0.15) is 5.75 Å². The summed E-state index contributed by atoms with van der Waals surface area (Å²) in [6.07, 6.45) is -2.39. The van der Waals surface area contributed by atoms with Crippen molar-refractivity contribution >= 4 is 16.8 Å². The molecule has 3 aliphatic heterocycles. The average molecular weight is 327 g/mol. The second-order valence-electron chi connectivity index (χ2n) is 6.13. The molecule has 124 valence electrons. The van der Waals surface area contributed by atoms with Crippen LogP contribution >= 0.6 is 0 Å². The van der Waals surface area contributed by atoms with E-state index in [9.17, 15) is 13.2 Å². The van der Waals surface area contributed by atoms with E-state index in [1.165, 1.54) is 18.2 Å². The molecule has 0 radical (unpaired) electrons. The zero-order valence-corrected chi connectivity index (χ0v) is 12.3. The van der Waals surface area contributed by atoms with Crippen molar-refractivity contribution in [3.63, 3.8) is 0 Å². The van der Waals surface area contributed by atoms with Gasteiger partial charge in [-0.2, -0.15) is 0 Å². The van der Waals surface area contributed by atoms with Crippen molar-refractivity contribution in [3.8, 4) is 5.75 Å². The Morgan fingerprint density at radius 2 is 2.04 bits per heavy atom. The van der Waals surface area contributed by atoms with Gasteiger partial charge in [0.15, 0.2) is 11.4 Å². The minimum atomic E-state index is -4.72. The molecule has 0 unspecified atom stereocenters. The number of anilines is 1. The lowest BCUT2D eigenvalue weighted by Crippen LogP contribution is -2.53. The third kappa shape index (κ3) is 2.95. The van der Waals surface area contributed by atoms with Crippen molar-refractivity contribution in [2.45, 2.75) is 25.2 Å². The molecular weight excluding hydrogens is 311 g/mol. The van der Waals surface area contributed by atoms with Crippen LogP contribution in [0.2, 0.25) is 0 Å². The van der Waals surface area contributed by atoms with Crippen LogP contribution in [0.5, 0.6) is 5.75 Å². The van der Waals surface area contributed by atoms with E-state index < -0.39 is 6.36 Å². The number of aromatic nitrogens is 1. The molecule has 1 aromatic heterocycles. The third-order valence-corrected chi connectivity index (χ3v) is 4.66. The van der Waals surface area contributed by atoms with Crippen LogP contribution in [0.25, 0.3) is 11.0 Å². The van der Waals surface area contributed by atoms with Crippen molar-refractivity contribution < 1.29 is 22.4 Å². The first-order valence-corrected chi connectivity index (χ1v) is 7.62. The lowest BCUT2D eigenvalue weighted by Gasteiger charge is -2.44. The normalized spacial score (nSPS) is 27.3. The molecule has 0 saturated carbocycles. The van der Waals surface area contributed by atoms with Crippen LogP contribution in [0.3, 0.4) is 0 Å². The molecule has 0 spiro atoms. The molecule has 3 saturated heterocycles. The number of piperidine rings is 3. The van der Waals surface area contributed by atoms with Gasteiger partial charge in [0.2, 0.25) is 0 Å². The highest BCUT2D eigenvalue weighted by atomic mass is 19.4. The molecule has 1 atom stereocenters. The second-order valence-corrected chi connectivity index (χ2v) is 6.13. The molecule has 1 N–H and O–H groups in total. The van der Waals surface area contributed by atoms with Gasteiger partial charge in [-0.05, 0) is 44.0 Å². The Balaban J connectivity index is 1.54. The van der Waals surface area contributed by atoms with E-state index in [2.05, 4.69) is 20.1 Å². The summed E-state index contributed by atoms with van der Waals surface area (Å²) in [6.45, 7) is 3.25. The van der Waals surface area contributed by atoms with Crippen LogP contribution in [0, 0.1) is 5.92 Å². The minimum Gasteiger partial charge on any atom is -0.406 e. The molecule has 4 heterocycles. The van der Waals surface area contributed by atoms with Crippen molar-refractivity contribution in [1.29, 1.82) is 0 Å². The molecule has 2 bridgehead atoms. The maximum atomic E-state index is 12.3. The van der Waals surface area contributed by atoms with Gasteiger partial charge in [-0.25, -0.2) is 0 Å². The van der Waals surface area contributed by atoms with Crippen LogP contribution in [0.1, 0.15) is 12.8 Å². The monoisotopic (exact) mass is 327 g/mol. The summed E-state index contributed by atoms with van der Waals surface area (Å²) >= 11 is 0. The van der Waals surface area contributed by atoms with Gasteiger partial charge < -0.3 is 19.5 Å². The maximum absolute atomic E-state index is 12.3. The molecule has 2 aromatic rings. The number of rotatable bonds is 3. The van der Waals surface area contributed by atoms with E-state index in [0.717, 1.165) is 32.5 Å². The average Bonchev–Trinajstić information content (AvgIpc) is 2.89. The molecule has 23 heavy (non-hydrogen) atoms. The van der Waals surface area contributed by atoms with E-state index in [4.69, 9.17) is 4.52 Å². The van der Waals surface area contributed by atoms with Crippen molar-refractivity contribution in [1.82, 2.24) is 10.1 Å². The first-order chi connectivity index (χ1) is 11.0. The van der Waals surface area contributed by atoms with E-state index in [-0.39, 0.29) is 11.3 Å². The zero-order valence-electron chi connectivity index (χ0n) is 12.3. The number of halogens is 3. The second kappa shape index (κ2) is 5.30. The summed E-state index contributed by atoms with van der Waals surface area (Å²) in [5, 5.41) is 8.03. The third-order valence-electron chi connectivity index (χ3n) is 4.66. The maximum Gasteiger partial charge on any atom is 0.573 e. The van der Waals surface area contributed by atoms with Gasteiger partial charge in [0, 0.05) is 18.7 Å². The predicted octanol–water partition coefficient (Wildman–Crippen LogP) is 3.23. The molecule has 0 aliphatic carbocycles. The Morgan fingerprint density at radius 1 is 1.26 bits per heavy atom. The summed E-state index contributed by atoms with van der Waals surface area (Å²) in [4.78, 5) is 2.41. The molecule has 8 heteroatoms. The number of hydrogen-bond acceptors (Lipinski definition) is 5. The fraction of sp³-hybridized carbons (Fsp3) is 0.533. The summed E-state index contributed by atoms with van der Waals surface area (Å²) in [5.74, 6) is 0.882. The highest BCUT2D eigenvalue weighted by Crippen LogP contribution is 2.33.